The third-order valence-corrected chi connectivity index (χ3v) is 4.31. The van der Waals surface area contributed by atoms with Gasteiger partial charge in [-0.1, -0.05) is 11.6 Å². The molecule has 1 aromatic rings. The van der Waals surface area contributed by atoms with Crippen molar-refractivity contribution in [1.82, 2.24) is 4.72 Å². The lowest BCUT2D eigenvalue weighted by Gasteiger charge is -2.14. The molecular formula is C11H11ClF3NO4S. The maximum Gasteiger partial charge on any atom is 0.417 e. The summed E-state index contributed by atoms with van der Waals surface area (Å²) in [5.74, 6) is -0.872. The van der Waals surface area contributed by atoms with Gasteiger partial charge in [-0.25, -0.2) is 8.42 Å². The van der Waals surface area contributed by atoms with Crippen molar-refractivity contribution >= 4 is 27.6 Å². The number of carbonyl (C=O) groups excluding carboxylic acids is 1. The van der Waals surface area contributed by atoms with Crippen LogP contribution in [0.3, 0.4) is 0 Å². The number of rotatable bonds is 4. The molecule has 0 saturated heterocycles. The summed E-state index contributed by atoms with van der Waals surface area (Å²) >= 11 is 5.40. The summed E-state index contributed by atoms with van der Waals surface area (Å²) in [5, 5.41) is -0.623. The third kappa shape index (κ3) is 4.32. The number of carbonyl (C=O) groups is 1. The average Bonchev–Trinajstić information content (AvgIpc) is 2.35. The van der Waals surface area contributed by atoms with E-state index in [1.54, 1.807) is 0 Å². The largest absolute Gasteiger partial charge is 0.468 e. The molecule has 0 saturated carbocycles. The number of sulfonamides is 1. The molecule has 21 heavy (non-hydrogen) atoms. The lowest BCUT2D eigenvalue weighted by atomic mass is 10.2. The van der Waals surface area contributed by atoms with Crippen molar-refractivity contribution in [3.05, 3.63) is 28.8 Å². The van der Waals surface area contributed by atoms with E-state index in [-0.39, 0.29) is 0 Å². The summed E-state index contributed by atoms with van der Waals surface area (Å²) < 4.78 is 68.1. The Bertz CT molecular complexity index is 645. The Morgan fingerprint density at radius 3 is 2.43 bits per heavy atom. The summed E-state index contributed by atoms with van der Waals surface area (Å²) in [6.45, 7) is 1.20. The quantitative estimate of drug-likeness (QED) is 0.849. The number of hydrogen-bond donors (Lipinski definition) is 1. The van der Waals surface area contributed by atoms with E-state index in [0.29, 0.717) is 6.07 Å². The van der Waals surface area contributed by atoms with Crippen molar-refractivity contribution < 1.29 is 31.1 Å². The van der Waals surface area contributed by atoms with Crippen LogP contribution in [0, 0.1) is 0 Å². The molecule has 0 spiro atoms. The van der Waals surface area contributed by atoms with E-state index in [4.69, 9.17) is 11.6 Å². The predicted octanol–water partition coefficient (Wildman–Crippen LogP) is 2.20. The smallest absolute Gasteiger partial charge is 0.417 e. The second-order valence-corrected chi connectivity index (χ2v) is 6.13. The van der Waals surface area contributed by atoms with Gasteiger partial charge < -0.3 is 4.74 Å². The van der Waals surface area contributed by atoms with Gasteiger partial charge in [0.15, 0.2) is 0 Å². The molecule has 1 N–H and O–H groups in total. The fraction of sp³-hybridized carbons (Fsp3) is 0.364. The van der Waals surface area contributed by atoms with E-state index in [0.717, 1.165) is 19.2 Å². The van der Waals surface area contributed by atoms with E-state index < -0.39 is 43.7 Å². The number of hydrogen-bond acceptors (Lipinski definition) is 4. The number of halogens is 4. The summed E-state index contributed by atoms with van der Waals surface area (Å²) in [6.07, 6.45) is -4.80. The van der Waals surface area contributed by atoms with Crippen LogP contribution >= 0.6 is 11.6 Å². The standard InChI is InChI=1S/C11H11ClF3NO4S/c1-6(10(17)20-2)16-21(18,19)7-3-4-9(12)8(5-7)11(13,14)15/h3-6,16H,1-2H3. The summed E-state index contributed by atoms with van der Waals surface area (Å²) in [7, 11) is -3.27. The van der Waals surface area contributed by atoms with E-state index in [9.17, 15) is 26.4 Å². The molecule has 5 nitrogen and oxygen atoms in total. The van der Waals surface area contributed by atoms with Gasteiger partial charge in [0.25, 0.3) is 0 Å². The monoisotopic (exact) mass is 345 g/mol. The maximum atomic E-state index is 12.7. The zero-order valence-corrected chi connectivity index (χ0v) is 12.4. The van der Waals surface area contributed by atoms with E-state index in [1.165, 1.54) is 6.92 Å². The second kappa shape index (κ2) is 6.20. The van der Waals surface area contributed by atoms with Gasteiger partial charge in [-0.05, 0) is 25.1 Å². The predicted molar refractivity (Wildman–Crippen MR) is 68.3 cm³/mol. The highest BCUT2D eigenvalue weighted by molar-refractivity contribution is 7.89. The topological polar surface area (TPSA) is 72.5 Å². The Kier molecular flexibility index (Phi) is 5.24. The number of benzene rings is 1. The molecule has 1 atom stereocenters. The fourth-order valence-electron chi connectivity index (χ4n) is 1.41. The molecule has 1 rings (SSSR count). The van der Waals surface area contributed by atoms with Crippen molar-refractivity contribution in [2.45, 2.75) is 24.0 Å². The Hall–Kier alpha value is -1.32. The first-order chi connectivity index (χ1) is 9.49. The highest BCUT2D eigenvalue weighted by Crippen LogP contribution is 2.35. The lowest BCUT2D eigenvalue weighted by molar-refractivity contribution is -0.142. The van der Waals surface area contributed by atoms with Crippen LogP contribution in [0.15, 0.2) is 23.1 Å². The molecule has 0 bridgehead atoms. The van der Waals surface area contributed by atoms with Gasteiger partial charge in [-0.2, -0.15) is 17.9 Å². The van der Waals surface area contributed by atoms with Gasteiger partial charge >= 0.3 is 12.1 Å². The molecule has 1 unspecified atom stereocenters. The molecule has 1 aromatic carbocycles. The maximum absolute atomic E-state index is 12.7. The van der Waals surface area contributed by atoms with Crippen molar-refractivity contribution in [2.75, 3.05) is 7.11 Å². The number of ether oxygens (including phenoxy) is 1. The van der Waals surface area contributed by atoms with Crippen LogP contribution in [0.25, 0.3) is 0 Å². The van der Waals surface area contributed by atoms with Gasteiger partial charge in [-0.15, -0.1) is 0 Å². The van der Waals surface area contributed by atoms with E-state index in [1.807, 2.05) is 4.72 Å². The molecule has 0 aliphatic heterocycles. The number of esters is 1. The first-order valence-electron chi connectivity index (χ1n) is 5.46. The van der Waals surface area contributed by atoms with Crippen LogP contribution in [-0.2, 0) is 25.7 Å². The highest BCUT2D eigenvalue weighted by atomic mass is 35.5. The van der Waals surface area contributed by atoms with Crippen LogP contribution in [-0.4, -0.2) is 27.5 Å². The first-order valence-corrected chi connectivity index (χ1v) is 7.32. The van der Waals surface area contributed by atoms with Crippen LogP contribution in [0.1, 0.15) is 12.5 Å². The summed E-state index contributed by atoms with van der Waals surface area (Å²) in [5.41, 5.74) is -1.28. The Labute approximate surface area is 124 Å². The Morgan fingerprint density at radius 2 is 1.95 bits per heavy atom. The summed E-state index contributed by atoms with van der Waals surface area (Å²) in [4.78, 5) is 10.5. The molecule has 0 aliphatic carbocycles. The van der Waals surface area contributed by atoms with Crippen LogP contribution in [0.5, 0.6) is 0 Å². The van der Waals surface area contributed by atoms with Crippen LogP contribution in [0.4, 0.5) is 13.2 Å². The first kappa shape index (κ1) is 17.7. The van der Waals surface area contributed by atoms with Crippen LogP contribution < -0.4 is 4.72 Å². The summed E-state index contributed by atoms with van der Waals surface area (Å²) in [6, 6.07) is 0.880. The minimum atomic E-state index is -4.80. The SMILES string of the molecule is COC(=O)C(C)NS(=O)(=O)c1ccc(Cl)c(C(F)(F)F)c1. The molecule has 0 heterocycles. The Morgan fingerprint density at radius 1 is 1.38 bits per heavy atom. The fourth-order valence-corrected chi connectivity index (χ4v) is 2.86. The zero-order chi connectivity index (χ0) is 16.4. The van der Waals surface area contributed by atoms with Crippen molar-refractivity contribution in [2.24, 2.45) is 0 Å². The van der Waals surface area contributed by atoms with Gasteiger partial charge in [0.2, 0.25) is 10.0 Å². The van der Waals surface area contributed by atoms with Gasteiger partial charge in [-0.3, -0.25) is 4.79 Å². The lowest BCUT2D eigenvalue weighted by Crippen LogP contribution is -2.39. The Balaban J connectivity index is 3.19. The van der Waals surface area contributed by atoms with Crippen molar-refractivity contribution in [3.8, 4) is 0 Å². The second-order valence-electron chi connectivity index (χ2n) is 4.01. The minimum Gasteiger partial charge on any atom is -0.468 e. The van der Waals surface area contributed by atoms with Crippen molar-refractivity contribution in [3.63, 3.8) is 0 Å². The number of nitrogens with one attached hydrogen (secondary N) is 1. The molecule has 0 aliphatic rings. The van der Waals surface area contributed by atoms with E-state index in [2.05, 4.69) is 4.74 Å². The van der Waals surface area contributed by atoms with Gasteiger partial charge in [0.1, 0.15) is 6.04 Å². The molecule has 0 aromatic heterocycles. The zero-order valence-electron chi connectivity index (χ0n) is 10.9. The molecular weight excluding hydrogens is 335 g/mol. The average molecular weight is 346 g/mol. The molecule has 0 fully saturated rings. The minimum absolute atomic E-state index is 0.397. The van der Waals surface area contributed by atoms with Gasteiger partial charge in [0, 0.05) is 0 Å². The van der Waals surface area contributed by atoms with E-state index >= 15 is 0 Å². The van der Waals surface area contributed by atoms with Gasteiger partial charge in [0.05, 0.1) is 22.6 Å². The van der Waals surface area contributed by atoms with Crippen LogP contribution in [0.2, 0.25) is 5.02 Å². The highest BCUT2D eigenvalue weighted by Gasteiger charge is 2.35. The molecule has 0 amide bonds. The van der Waals surface area contributed by atoms with Crippen molar-refractivity contribution in [1.29, 1.82) is 0 Å². The molecule has 0 radical (unpaired) electrons. The number of methoxy groups -OCH3 is 1. The number of alkyl halides is 3. The normalized spacial score (nSPS) is 13.8. The molecule has 118 valence electrons. The molecule has 10 heteroatoms. The third-order valence-electron chi connectivity index (χ3n) is 2.44.